The minimum absolute atomic E-state index is 0. The van der Waals surface area contributed by atoms with Crippen LogP contribution in [-0.4, -0.2) is 24.6 Å². The van der Waals surface area contributed by atoms with Crippen molar-refractivity contribution in [3.8, 4) is 0 Å². The van der Waals surface area contributed by atoms with Crippen LogP contribution in [0.2, 0.25) is 0 Å². The molecular formula is C18H20ClN5. The Labute approximate surface area is 147 Å². The average molecular weight is 342 g/mol. The molecule has 0 aromatic heterocycles. The van der Waals surface area contributed by atoms with Crippen LogP contribution in [0.15, 0.2) is 46.4 Å². The van der Waals surface area contributed by atoms with Gasteiger partial charge in [-0.1, -0.05) is 6.07 Å². The summed E-state index contributed by atoms with van der Waals surface area (Å²) >= 11 is 0. The average Bonchev–Trinajstić information content (AvgIpc) is 3.01. The molecule has 0 spiro atoms. The number of nitrogens with one attached hydrogen (secondary N) is 1. The van der Waals surface area contributed by atoms with E-state index in [0.717, 1.165) is 54.3 Å². The lowest BCUT2D eigenvalue weighted by Gasteiger charge is -2.15. The number of rotatable bonds is 2. The molecule has 124 valence electrons. The number of nitrogens with zero attached hydrogens (tertiary/aromatic N) is 2. The third kappa shape index (κ3) is 2.95. The van der Waals surface area contributed by atoms with Crippen molar-refractivity contribution in [2.24, 2.45) is 9.98 Å². The van der Waals surface area contributed by atoms with Gasteiger partial charge in [-0.25, -0.2) is 0 Å². The van der Waals surface area contributed by atoms with Crippen molar-refractivity contribution in [1.82, 2.24) is 5.32 Å². The van der Waals surface area contributed by atoms with Crippen LogP contribution in [0, 0.1) is 0 Å². The van der Waals surface area contributed by atoms with E-state index in [2.05, 4.69) is 28.5 Å². The zero-order valence-corrected chi connectivity index (χ0v) is 14.1. The van der Waals surface area contributed by atoms with Gasteiger partial charge in [-0.3, -0.25) is 9.98 Å². The molecule has 0 unspecified atom stereocenters. The van der Waals surface area contributed by atoms with Crippen molar-refractivity contribution in [2.45, 2.75) is 12.8 Å². The van der Waals surface area contributed by atoms with Crippen LogP contribution in [0.25, 0.3) is 0 Å². The summed E-state index contributed by atoms with van der Waals surface area (Å²) in [6, 6.07) is 12.0. The van der Waals surface area contributed by atoms with Crippen LogP contribution >= 0.6 is 12.4 Å². The van der Waals surface area contributed by atoms with Gasteiger partial charge in [0.2, 0.25) is 0 Å². The first-order valence-corrected chi connectivity index (χ1v) is 7.85. The maximum absolute atomic E-state index is 5.91. The van der Waals surface area contributed by atoms with E-state index in [9.17, 15) is 0 Å². The molecule has 0 atom stereocenters. The van der Waals surface area contributed by atoms with E-state index < -0.39 is 0 Å². The molecule has 0 saturated heterocycles. The van der Waals surface area contributed by atoms with Gasteiger partial charge >= 0.3 is 0 Å². The minimum atomic E-state index is 0. The standard InChI is InChI=1S/C18H19N5.ClH/c19-14-4-2-11(9-15(14)20)17-10-13-8-12(3-5-16(13)23-17)18-21-6-1-7-22-18;/h2-5,8-9H,1,6-7,10,19-20H2,(H,21,22);1H. The van der Waals surface area contributed by atoms with Gasteiger partial charge in [0.25, 0.3) is 0 Å². The monoisotopic (exact) mass is 341 g/mol. The van der Waals surface area contributed by atoms with Crippen molar-refractivity contribution in [2.75, 3.05) is 24.6 Å². The molecule has 2 aliphatic rings. The Bertz CT molecular complexity index is 841. The molecule has 6 heteroatoms. The quantitative estimate of drug-likeness (QED) is 0.734. The van der Waals surface area contributed by atoms with E-state index in [-0.39, 0.29) is 12.4 Å². The fraction of sp³-hybridized carbons (Fsp3) is 0.222. The molecule has 0 aliphatic carbocycles. The Balaban J connectivity index is 0.00000169. The van der Waals surface area contributed by atoms with Gasteiger partial charge in [0.1, 0.15) is 5.84 Å². The van der Waals surface area contributed by atoms with E-state index in [1.54, 1.807) is 0 Å². The molecule has 0 amide bonds. The molecule has 5 N–H and O–H groups in total. The Hall–Kier alpha value is -2.53. The summed E-state index contributed by atoms with van der Waals surface area (Å²) in [6.07, 6.45) is 1.90. The highest BCUT2D eigenvalue weighted by atomic mass is 35.5. The predicted octanol–water partition coefficient (Wildman–Crippen LogP) is 2.69. The summed E-state index contributed by atoms with van der Waals surface area (Å²) in [7, 11) is 0. The second-order valence-electron chi connectivity index (χ2n) is 5.93. The number of anilines is 2. The zero-order valence-electron chi connectivity index (χ0n) is 13.2. The van der Waals surface area contributed by atoms with Gasteiger partial charge in [-0.05, 0) is 47.9 Å². The number of amidine groups is 1. The Morgan fingerprint density at radius 1 is 0.958 bits per heavy atom. The number of hydrogen-bond acceptors (Lipinski definition) is 5. The first kappa shape index (κ1) is 16.3. The number of aliphatic imine (C=N–C) groups is 2. The summed E-state index contributed by atoms with van der Waals surface area (Å²) < 4.78 is 0. The smallest absolute Gasteiger partial charge is 0.128 e. The summed E-state index contributed by atoms with van der Waals surface area (Å²) in [4.78, 5) is 9.30. The van der Waals surface area contributed by atoms with E-state index in [0.29, 0.717) is 11.4 Å². The highest BCUT2D eigenvalue weighted by molar-refractivity contribution is 6.08. The lowest BCUT2D eigenvalue weighted by atomic mass is 10.0. The molecular weight excluding hydrogens is 322 g/mol. The summed E-state index contributed by atoms with van der Waals surface area (Å²) in [6.45, 7) is 1.88. The number of nitrogens with two attached hydrogens (primary N) is 2. The summed E-state index contributed by atoms with van der Waals surface area (Å²) in [5.74, 6) is 0.990. The Morgan fingerprint density at radius 3 is 2.54 bits per heavy atom. The Morgan fingerprint density at radius 2 is 1.79 bits per heavy atom. The largest absolute Gasteiger partial charge is 0.397 e. The maximum Gasteiger partial charge on any atom is 0.128 e. The topological polar surface area (TPSA) is 88.8 Å². The molecule has 2 heterocycles. The molecule has 2 aromatic carbocycles. The summed E-state index contributed by atoms with van der Waals surface area (Å²) in [5.41, 5.74) is 18.3. The second-order valence-corrected chi connectivity index (χ2v) is 5.93. The van der Waals surface area contributed by atoms with Gasteiger partial charge in [0.15, 0.2) is 0 Å². The van der Waals surface area contributed by atoms with Gasteiger partial charge in [0.05, 0.1) is 22.8 Å². The van der Waals surface area contributed by atoms with Crippen molar-refractivity contribution in [1.29, 1.82) is 0 Å². The highest BCUT2D eigenvalue weighted by Crippen LogP contribution is 2.31. The number of nitrogen functional groups attached to an aromatic ring is 2. The van der Waals surface area contributed by atoms with Gasteiger partial charge < -0.3 is 16.8 Å². The number of hydrogen-bond donors (Lipinski definition) is 3. The van der Waals surface area contributed by atoms with Crippen LogP contribution in [0.4, 0.5) is 17.1 Å². The molecule has 2 aromatic rings. The van der Waals surface area contributed by atoms with E-state index in [4.69, 9.17) is 16.5 Å². The first-order chi connectivity index (χ1) is 11.2. The second kappa shape index (κ2) is 6.53. The molecule has 24 heavy (non-hydrogen) atoms. The molecule has 0 radical (unpaired) electrons. The van der Waals surface area contributed by atoms with Crippen molar-refractivity contribution < 1.29 is 0 Å². The molecule has 0 bridgehead atoms. The van der Waals surface area contributed by atoms with Gasteiger partial charge in [-0.15, -0.1) is 12.4 Å². The lowest BCUT2D eigenvalue weighted by Crippen LogP contribution is -2.30. The van der Waals surface area contributed by atoms with Crippen LogP contribution in [0.5, 0.6) is 0 Å². The molecule has 0 saturated carbocycles. The fourth-order valence-electron chi connectivity index (χ4n) is 3.00. The normalized spacial score (nSPS) is 15.7. The molecule has 2 aliphatic heterocycles. The number of halogens is 1. The molecule has 4 rings (SSSR count). The fourth-order valence-corrected chi connectivity index (χ4v) is 3.00. The Kier molecular flexibility index (Phi) is 4.44. The predicted molar refractivity (Wildman–Crippen MR) is 103 cm³/mol. The van der Waals surface area contributed by atoms with Crippen LogP contribution in [-0.2, 0) is 6.42 Å². The van der Waals surface area contributed by atoms with Gasteiger partial charge in [-0.2, -0.15) is 0 Å². The highest BCUT2D eigenvalue weighted by Gasteiger charge is 2.18. The van der Waals surface area contributed by atoms with E-state index in [1.165, 1.54) is 5.56 Å². The SMILES string of the molecule is Cl.Nc1ccc(C2=Nc3ccc(C4=NCCCN4)cc3C2)cc1N. The molecule has 0 fully saturated rings. The van der Waals surface area contributed by atoms with Crippen LogP contribution in [0.1, 0.15) is 23.1 Å². The third-order valence-corrected chi connectivity index (χ3v) is 4.28. The number of benzene rings is 2. The van der Waals surface area contributed by atoms with E-state index in [1.807, 2.05) is 18.2 Å². The molecule has 5 nitrogen and oxygen atoms in total. The van der Waals surface area contributed by atoms with Crippen LogP contribution in [0.3, 0.4) is 0 Å². The van der Waals surface area contributed by atoms with Crippen molar-refractivity contribution in [3.05, 3.63) is 53.1 Å². The zero-order chi connectivity index (χ0) is 15.8. The minimum Gasteiger partial charge on any atom is -0.397 e. The van der Waals surface area contributed by atoms with Gasteiger partial charge in [0, 0.05) is 25.1 Å². The van der Waals surface area contributed by atoms with Crippen molar-refractivity contribution in [3.63, 3.8) is 0 Å². The van der Waals surface area contributed by atoms with E-state index >= 15 is 0 Å². The van der Waals surface area contributed by atoms with Crippen LogP contribution < -0.4 is 16.8 Å². The number of fused-ring (bicyclic) bond motifs is 1. The summed E-state index contributed by atoms with van der Waals surface area (Å²) in [5, 5.41) is 3.37. The maximum atomic E-state index is 5.91. The lowest BCUT2D eigenvalue weighted by molar-refractivity contribution is 0.742. The third-order valence-electron chi connectivity index (χ3n) is 4.28. The first-order valence-electron chi connectivity index (χ1n) is 7.85. The van der Waals surface area contributed by atoms with Crippen molar-refractivity contribution >= 4 is 41.0 Å².